The predicted molar refractivity (Wildman–Crippen MR) is 87.8 cm³/mol. The van der Waals surface area contributed by atoms with E-state index < -0.39 is 11.9 Å². The Morgan fingerprint density at radius 2 is 1.78 bits per heavy atom. The van der Waals surface area contributed by atoms with Gasteiger partial charge < -0.3 is 14.6 Å². The Balaban J connectivity index is 0. The highest BCUT2D eigenvalue weighted by Gasteiger charge is 2.06. The molecule has 1 N–H and O–H groups in total. The molecule has 0 atom stereocenters. The van der Waals surface area contributed by atoms with Crippen molar-refractivity contribution in [3.63, 3.8) is 0 Å². The van der Waals surface area contributed by atoms with Crippen molar-refractivity contribution in [2.24, 2.45) is 5.92 Å². The van der Waals surface area contributed by atoms with Gasteiger partial charge in [0, 0.05) is 12.2 Å². The monoisotopic (exact) mass is 326 g/mol. The first-order chi connectivity index (χ1) is 10.7. The Kier molecular flexibility index (Phi) is 14.5. The topological polar surface area (TPSA) is 89.9 Å². The van der Waals surface area contributed by atoms with E-state index >= 15 is 0 Å². The van der Waals surface area contributed by atoms with Crippen LogP contribution in [0, 0.1) is 5.92 Å². The predicted octanol–water partition coefficient (Wildman–Crippen LogP) is 2.90. The number of carbonyl (C=O) groups excluding carboxylic acids is 2. The van der Waals surface area contributed by atoms with Crippen molar-refractivity contribution < 1.29 is 29.0 Å². The molecule has 0 aromatic heterocycles. The summed E-state index contributed by atoms with van der Waals surface area (Å²) in [5, 5.41) is 8.28. The highest BCUT2D eigenvalue weighted by Crippen LogP contribution is 2.00. The lowest BCUT2D eigenvalue weighted by atomic mass is 10.2. The minimum absolute atomic E-state index is 0.0352. The van der Waals surface area contributed by atoms with Crippen LogP contribution < -0.4 is 0 Å². The van der Waals surface area contributed by atoms with Gasteiger partial charge in [-0.3, -0.25) is 0 Å². The molecule has 0 heterocycles. The number of aliphatic carboxylic acids is 1. The summed E-state index contributed by atoms with van der Waals surface area (Å²) in [6.07, 6.45) is 5.11. The smallest absolute Gasteiger partial charge is 0.337 e. The number of hydrogen-bond acceptors (Lipinski definition) is 5. The number of esters is 2. The lowest BCUT2D eigenvalue weighted by molar-refractivity contribution is -0.140. The van der Waals surface area contributed by atoms with Gasteiger partial charge in [0.15, 0.2) is 0 Å². The average Bonchev–Trinajstić information content (AvgIpc) is 2.50. The second kappa shape index (κ2) is 14.6. The molecule has 0 amide bonds. The number of unbranched alkanes of at least 4 members (excludes halogenated alkanes) is 1. The number of carboxylic acid groups (broad SMARTS) is 1. The Morgan fingerprint density at radius 3 is 2.22 bits per heavy atom. The quantitative estimate of drug-likeness (QED) is 0.303. The molecule has 0 saturated heterocycles. The fourth-order valence-electron chi connectivity index (χ4n) is 0.951. The number of hydrogen-bond donors (Lipinski definition) is 1. The fourth-order valence-corrected chi connectivity index (χ4v) is 0.951. The third kappa shape index (κ3) is 17.6. The third-order valence-corrected chi connectivity index (χ3v) is 2.15. The summed E-state index contributed by atoms with van der Waals surface area (Å²) in [6, 6.07) is 0. The van der Waals surface area contributed by atoms with Gasteiger partial charge in [-0.05, 0) is 18.4 Å². The number of carbonyl (C=O) groups is 3. The fraction of sp³-hybridized carbons (Fsp3) is 0.471. The first-order valence-electron chi connectivity index (χ1n) is 7.30. The van der Waals surface area contributed by atoms with Crippen LogP contribution in [0.25, 0.3) is 0 Å². The normalized spacial score (nSPS) is 9.74. The maximum absolute atomic E-state index is 11.1. The van der Waals surface area contributed by atoms with Gasteiger partial charge in [0.2, 0.25) is 0 Å². The number of carboxylic acids is 1. The molecule has 0 bridgehead atoms. The maximum Gasteiger partial charge on any atom is 0.337 e. The van der Waals surface area contributed by atoms with E-state index in [-0.39, 0.29) is 17.5 Å². The summed E-state index contributed by atoms with van der Waals surface area (Å²) in [5.41, 5.74) is 0.0352. The van der Waals surface area contributed by atoms with E-state index in [0.29, 0.717) is 13.2 Å². The molecule has 130 valence electrons. The molecule has 0 aliphatic rings. The molecule has 23 heavy (non-hydrogen) atoms. The van der Waals surface area contributed by atoms with E-state index in [1.165, 1.54) is 6.08 Å². The Bertz CT molecular complexity index is 434. The Labute approximate surface area is 137 Å². The van der Waals surface area contributed by atoms with Gasteiger partial charge >= 0.3 is 17.9 Å². The van der Waals surface area contributed by atoms with Crippen molar-refractivity contribution in [2.75, 3.05) is 13.2 Å². The molecule has 0 rings (SSSR count). The second-order valence-corrected chi connectivity index (χ2v) is 4.91. The van der Waals surface area contributed by atoms with Crippen molar-refractivity contribution in [1.29, 1.82) is 0 Å². The first-order valence-corrected chi connectivity index (χ1v) is 7.30. The molecule has 6 heteroatoms. The van der Waals surface area contributed by atoms with Crippen molar-refractivity contribution in [3.05, 3.63) is 37.0 Å². The van der Waals surface area contributed by atoms with E-state index in [9.17, 15) is 14.4 Å². The minimum atomic E-state index is -1.12. The van der Waals surface area contributed by atoms with E-state index in [4.69, 9.17) is 9.84 Å². The lowest BCUT2D eigenvalue weighted by Gasteiger charge is -2.06. The number of ether oxygens (including phenoxy) is 2. The summed E-state index contributed by atoms with van der Waals surface area (Å²) < 4.78 is 9.49. The molecule has 0 unspecified atom stereocenters. The van der Waals surface area contributed by atoms with Crippen molar-refractivity contribution in [1.82, 2.24) is 0 Å². The molecule has 0 radical (unpaired) electrons. The standard InChI is InChI=1S/C10H14O4.C7H12O2/c1-7(2)6-14-10(13)8(3)4-5-9(11)12;1-3-5-6-9-7(8)4-2/h4-5,7H,3,6H2,1-2H3,(H,11,12);4H,2-3,5-6H2,1H3. The molecule has 0 aromatic rings. The zero-order chi connectivity index (χ0) is 18.3. The summed E-state index contributed by atoms with van der Waals surface area (Å²) >= 11 is 0. The zero-order valence-electron chi connectivity index (χ0n) is 14.0. The molecule has 0 aromatic carbocycles. The van der Waals surface area contributed by atoms with Crippen LogP contribution in [0.15, 0.2) is 37.0 Å². The molecule has 6 nitrogen and oxygen atoms in total. The summed E-state index contributed by atoms with van der Waals surface area (Å²) in [4.78, 5) is 31.6. The van der Waals surface area contributed by atoms with E-state index in [1.807, 2.05) is 20.8 Å². The molecular weight excluding hydrogens is 300 g/mol. The molecule has 0 saturated carbocycles. The number of rotatable bonds is 9. The highest BCUT2D eigenvalue weighted by atomic mass is 16.5. The summed E-state index contributed by atoms with van der Waals surface area (Å²) in [5.74, 6) is -1.79. The minimum Gasteiger partial charge on any atom is -0.478 e. The van der Waals surface area contributed by atoms with E-state index in [1.54, 1.807) is 0 Å². The molecule has 0 aliphatic heterocycles. The van der Waals surface area contributed by atoms with Crippen LogP contribution in [-0.4, -0.2) is 36.2 Å². The van der Waals surface area contributed by atoms with Crippen LogP contribution in [0.2, 0.25) is 0 Å². The second-order valence-electron chi connectivity index (χ2n) is 4.91. The van der Waals surface area contributed by atoms with Crippen LogP contribution in [-0.2, 0) is 23.9 Å². The van der Waals surface area contributed by atoms with E-state index in [2.05, 4.69) is 17.9 Å². The Morgan fingerprint density at radius 1 is 1.17 bits per heavy atom. The van der Waals surface area contributed by atoms with Crippen LogP contribution in [0.3, 0.4) is 0 Å². The van der Waals surface area contributed by atoms with Crippen molar-refractivity contribution in [3.8, 4) is 0 Å². The van der Waals surface area contributed by atoms with Gasteiger partial charge in [-0.2, -0.15) is 0 Å². The molecular formula is C17H26O6. The van der Waals surface area contributed by atoms with E-state index in [0.717, 1.165) is 25.0 Å². The van der Waals surface area contributed by atoms with Gasteiger partial charge in [-0.25, -0.2) is 14.4 Å². The van der Waals surface area contributed by atoms with Gasteiger partial charge in [0.05, 0.1) is 18.8 Å². The van der Waals surface area contributed by atoms with Crippen LogP contribution in [0.4, 0.5) is 0 Å². The zero-order valence-corrected chi connectivity index (χ0v) is 14.0. The van der Waals surface area contributed by atoms with Gasteiger partial charge in [-0.1, -0.05) is 40.3 Å². The largest absolute Gasteiger partial charge is 0.478 e. The van der Waals surface area contributed by atoms with Crippen molar-refractivity contribution in [2.45, 2.75) is 33.6 Å². The third-order valence-electron chi connectivity index (χ3n) is 2.15. The maximum atomic E-state index is 11.1. The average molecular weight is 326 g/mol. The molecule has 0 fully saturated rings. The Hall–Kier alpha value is -2.37. The van der Waals surface area contributed by atoms with Crippen LogP contribution in [0.5, 0.6) is 0 Å². The highest BCUT2D eigenvalue weighted by molar-refractivity contribution is 5.93. The van der Waals surface area contributed by atoms with Gasteiger partial charge in [0.1, 0.15) is 0 Å². The van der Waals surface area contributed by atoms with Crippen molar-refractivity contribution >= 4 is 17.9 Å². The summed E-state index contributed by atoms with van der Waals surface area (Å²) in [7, 11) is 0. The molecule has 0 aliphatic carbocycles. The van der Waals surface area contributed by atoms with Crippen LogP contribution >= 0.6 is 0 Å². The van der Waals surface area contributed by atoms with Gasteiger partial charge in [0.25, 0.3) is 0 Å². The first kappa shape index (κ1) is 22.9. The lowest BCUT2D eigenvalue weighted by Crippen LogP contribution is -2.10. The summed E-state index contributed by atoms with van der Waals surface area (Å²) in [6.45, 7) is 13.3. The van der Waals surface area contributed by atoms with Gasteiger partial charge in [-0.15, -0.1) is 0 Å². The SMILES string of the molecule is C=C(C=CC(=O)O)C(=O)OCC(C)C.C=CC(=O)OCCCC. The molecule has 0 spiro atoms. The van der Waals surface area contributed by atoms with Crippen LogP contribution in [0.1, 0.15) is 33.6 Å².